The Bertz CT molecular complexity index is 4610. The van der Waals surface area contributed by atoms with Gasteiger partial charge in [-0.1, -0.05) is 212 Å². The molecule has 0 bridgehead atoms. The molecule has 0 amide bonds. The second-order valence-electron chi connectivity index (χ2n) is 20.4. The maximum Gasteiger partial charge on any atom is 0.137 e. The molecule has 0 fully saturated rings. The molecule has 8 aromatic carbocycles. The molecule has 4 nitrogen and oxygen atoms in total. The number of hydrogen-bond donors (Lipinski definition) is 0. The summed E-state index contributed by atoms with van der Waals surface area (Å²) < 4.78 is 4.28. The maximum atomic E-state index is 5.04. The fraction of sp³-hybridized carbons (Fsp3) is 0.0556. The van der Waals surface area contributed by atoms with Gasteiger partial charge in [0.2, 0.25) is 0 Å². The lowest BCUT2D eigenvalue weighted by molar-refractivity contribution is 0.798. The highest BCUT2D eigenvalue weighted by Crippen LogP contribution is 2.42. The van der Waals surface area contributed by atoms with Crippen molar-refractivity contribution in [3.8, 4) is 67.0 Å². The first-order valence-corrected chi connectivity index (χ1v) is 26.5. The largest absolute Gasteiger partial charge is 0.306 e. The van der Waals surface area contributed by atoms with Crippen molar-refractivity contribution in [2.75, 3.05) is 0 Å². The Balaban J connectivity index is 0.785. The van der Waals surface area contributed by atoms with Crippen molar-refractivity contribution in [1.82, 2.24) is 18.8 Å². The van der Waals surface area contributed by atoms with E-state index in [4.69, 9.17) is 9.97 Å². The molecule has 1 atom stereocenters. The molecule has 3 aliphatic carbocycles. The van der Waals surface area contributed by atoms with E-state index in [1.54, 1.807) is 0 Å². The molecule has 12 aromatic rings. The summed E-state index contributed by atoms with van der Waals surface area (Å²) in [5.41, 5.74) is 22.4. The van der Waals surface area contributed by atoms with Crippen LogP contribution in [0.4, 0.5) is 0 Å². The average Bonchev–Trinajstić information content (AvgIpc) is 4.17. The molecule has 358 valence electrons. The van der Waals surface area contributed by atoms with Gasteiger partial charge >= 0.3 is 0 Å². The number of hydrogen-bond acceptors (Lipinski definition) is 2. The van der Waals surface area contributed by atoms with Crippen molar-refractivity contribution in [3.05, 3.63) is 287 Å². The summed E-state index contributed by atoms with van der Waals surface area (Å²) in [5, 5.41) is 7.77. The Hall–Kier alpha value is -9.64. The third-order valence-corrected chi connectivity index (χ3v) is 16.0. The Morgan fingerprint density at radius 3 is 1.36 bits per heavy atom. The van der Waals surface area contributed by atoms with Gasteiger partial charge in [0.15, 0.2) is 0 Å². The fourth-order valence-corrected chi connectivity index (χ4v) is 12.4. The molecule has 1 unspecified atom stereocenters. The molecule has 0 spiro atoms. The number of nitrogens with zero attached hydrogens (tertiary/aromatic N) is 4. The van der Waals surface area contributed by atoms with Crippen molar-refractivity contribution in [3.63, 3.8) is 0 Å². The molecule has 4 aromatic heterocycles. The van der Waals surface area contributed by atoms with Gasteiger partial charge in [-0.25, -0.2) is 9.97 Å². The SMILES string of the molecule is C1=CCC2C(=C1)C(c1ccc(-c3c4c(c(-c5ccc(-c6cn7cc(-c8ccccc8)ccc7n6)cc5)c5ccccc35)=CCCC=4)cc1)=c1ccccc1=C2c1ccc(-c2cn3cc(-c4ccccc4)ccc3n2)cc1. The van der Waals surface area contributed by atoms with Gasteiger partial charge in [0.25, 0.3) is 0 Å². The monoisotopic (exact) mass is 970 g/mol. The first-order valence-electron chi connectivity index (χ1n) is 26.5. The first-order chi connectivity index (χ1) is 37.7. The number of fused-ring (bicyclic) bond motifs is 6. The van der Waals surface area contributed by atoms with Crippen LogP contribution in [0.1, 0.15) is 30.4 Å². The van der Waals surface area contributed by atoms with Crippen LogP contribution in [0.15, 0.2) is 255 Å². The summed E-state index contributed by atoms with van der Waals surface area (Å²) >= 11 is 0. The predicted octanol–water partition coefficient (Wildman–Crippen LogP) is 14.4. The number of imidazole rings is 2. The third kappa shape index (κ3) is 7.44. The van der Waals surface area contributed by atoms with E-state index in [1.807, 2.05) is 0 Å². The van der Waals surface area contributed by atoms with E-state index in [0.29, 0.717) is 0 Å². The van der Waals surface area contributed by atoms with Crippen LogP contribution in [0.5, 0.6) is 0 Å². The molecule has 0 saturated carbocycles. The minimum Gasteiger partial charge on any atom is -0.306 e. The molecule has 4 heteroatoms. The van der Waals surface area contributed by atoms with Crippen LogP contribution in [-0.2, 0) is 0 Å². The summed E-state index contributed by atoms with van der Waals surface area (Å²) in [6.07, 6.45) is 23.5. The van der Waals surface area contributed by atoms with Crippen LogP contribution in [-0.4, -0.2) is 18.8 Å². The Labute approximate surface area is 440 Å². The topological polar surface area (TPSA) is 34.6 Å². The lowest BCUT2D eigenvalue weighted by Crippen LogP contribution is -2.37. The highest BCUT2D eigenvalue weighted by molar-refractivity contribution is 6.06. The van der Waals surface area contributed by atoms with E-state index in [0.717, 1.165) is 53.1 Å². The quantitative estimate of drug-likeness (QED) is 0.152. The van der Waals surface area contributed by atoms with E-state index in [-0.39, 0.29) is 5.92 Å². The van der Waals surface area contributed by atoms with Crippen LogP contribution < -0.4 is 20.9 Å². The van der Waals surface area contributed by atoms with E-state index in [1.165, 1.54) is 104 Å². The fourth-order valence-electron chi connectivity index (χ4n) is 12.4. The average molecular weight is 971 g/mol. The molecule has 76 heavy (non-hydrogen) atoms. The number of pyridine rings is 2. The van der Waals surface area contributed by atoms with Crippen molar-refractivity contribution >= 4 is 45.4 Å². The second-order valence-corrected chi connectivity index (χ2v) is 20.4. The summed E-state index contributed by atoms with van der Waals surface area (Å²) in [6, 6.07) is 75.3. The third-order valence-electron chi connectivity index (χ3n) is 16.0. The molecular formula is C72H50N4. The van der Waals surface area contributed by atoms with Crippen molar-refractivity contribution in [2.24, 2.45) is 5.92 Å². The molecule has 4 heterocycles. The van der Waals surface area contributed by atoms with Gasteiger partial charge in [0.1, 0.15) is 11.3 Å². The molecule has 0 N–H and O–H groups in total. The van der Waals surface area contributed by atoms with Gasteiger partial charge in [-0.05, 0) is 148 Å². The summed E-state index contributed by atoms with van der Waals surface area (Å²) in [5.74, 6) is 0.224. The number of rotatable bonds is 8. The van der Waals surface area contributed by atoms with Gasteiger partial charge in [-0.3, -0.25) is 0 Å². The van der Waals surface area contributed by atoms with Crippen molar-refractivity contribution in [1.29, 1.82) is 0 Å². The first kappa shape index (κ1) is 43.9. The summed E-state index contributed by atoms with van der Waals surface area (Å²) in [7, 11) is 0. The minimum absolute atomic E-state index is 0.224. The van der Waals surface area contributed by atoms with E-state index < -0.39 is 0 Å². The minimum atomic E-state index is 0.224. The van der Waals surface area contributed by atoms with Crippen LogP contribution >= 0.6 is 0 Å². The highest BCUT2D eigenvalue weighted by Gasteiger charge is 2.29. The van der Waals surface area contributed by atoms with Crippen LogP contribution in [0, 0.1) is 5.92 Å². The number of benzene rings is 8. The van der Waals surface area contributed by atoms with Gasteiger partial charge in [-0.15, -0.1) is 0 Å². The zero-order valence-corrected chi connectivity index (χ0v) is 41.8. The molecule has 0 aliphatic heterocycles. The summed E-state index contributed by atoms with van der Waals surface area (Å²) in [4.78, 5) is 10.1. The normalized spacial score (nSPS) is 14.7. The molecule has 0 radical (unpaired) electrons. The second kappa shape index (κ2) is 18.1. The number of allylic oxidation sites excluding steroid dienone is 4. The van der Waals surface area contributed by atoms with Crippen molar-refractivity contribution in [2.45, 2.75) is 19.3 Å². The predicted molar refractivity (Wildman–Crippen MR) is 314 cm³/mol. The zero-order chi connectivity index (χ0) is 50.1. The van der Waals surface area contributed by atoms with Gasteiger partial charge in [0.05, 0.1) is 11.4 Å². The van der Waals surface area contributed by atoms with E-state index in [2.05, 4.69) is 270 Å². The number of aromatic nitrogens is 4. The lowest BCUT2D eigenvalue weighted by Gasteiger charge is -2.31. The highest BCUT2D eigenvalue weighted by atomic mass is 15.0. The van der Waals surface area contributed by atoms with Gasteiger partial charge in [-0.2, -0.15) is 0 Å². The Morgan fingerprint density at radius 1 is 0.368 bits per heavy atom. The van der Waals surface area contributed by atoms with Gasteiger partial charge < -0.3 is 8.80 Å². The van der Waals surface area contributed by atoms with Crippen molar-refractivity contribution < 1.29 is 0 Å². The Morgan fingerprint density at radius 2 is 0.816 bits per heavy atom. The molecular weight excluding hydrogens is 921 g/mol. The van der Waals surface area contributed by atoms with Crippen LogP contribution in [0.3, 0.4) is 0 Å². The maximum absolute atomic E-state index is 5.04. The zero-order valence-electron chi connectivity index (χ0n) is 41.8. The smallest absolute Gasteiger partial charge is 0.137 e. The lowest BCUT2D eigenvalue weighted by atomic mass is 9.72. The van der Waals surface area contributed by atoms with E-state index >= 15 is 0 Å². The van der Waals surface area contributed by atoms with E-state index in [9.17, 15) is 0 Å². The van der Waals surface area contributed by atoms with Crippen LogP contribution in [0.2, 0.25) is 0 Å². The van der Waals surface area contributed by atoms with Gasteiger partial charge in [0, 0.05) is 41.8 Å². The Kier molecular flexibility index (Phi) is 10.4. The standard InChI is InChI=1S/C72H50N4/c1-3-15-47(16-4-1)55-39-41-67-73-65(45-75(67)43-55)49-27-31-51(32-28-49)69-57-19-7-11-23-61(57)71(62-24-12-8-20-58(62)69)53-35-37-54(38-36-53)72-63-25-13-9-21-59(63)70(60-22-10-14-26-64(60)72)52-33-29-50(30-34-52)66-46-76-44-56(40-42-68(76)74-66)48-17-5-2-6-18-48/h1-9,11-13,15-19,21-46,58H,10,14,20H2. The molecule has 15 rings (SSSR count). The summed E-state index contributed by atoms with van der Waals surface area (Å²) in [6.45, 7) is 0. The van der Waals surface area contributed by atoms with Crippen LogP contribution in [0.25, 0.3) is 112 Å². The molecule has 3 aliphatic rings. The molecule has 0 saturated heterocycles.